The fourth-order valence-electron chi connectivity index (χ4n) is 2.42. The molecule has 0 bridgehead atoms. The number of aliphatic hydroxyl groups excluding tert-OH is 1. The van der Waals surface area contributed by atoms with Gasteiger partial charge in [0.25, 0.3) is 0 Å². The van der Waals surface area contributed by atoms with Gasteiger partial charge in [-0.25, -0.2) is 0 Å². The average molecular weight is 458 g/mol. The summed E-state index contributed by atoms with van der Waals surface area (Å²) in [6, 6.07) is 11.5. The van der Waals surface area contributed by atoms with Crippen LogP contribution in [0.15, 0.2) is 42.5 Å². The quantitative estimate of drug-likeness (QED) is 0.284. The van der Waals surface area contributed by atoms with Crippen LogP contribution in [0.25, 0.3) is 0 Å². The van der Waals surface area contributed by atoms with Crippen LogP contribution < -0.4 is 38.2 Å². The molecule has 0 aliphatic heterocycles. The van der Waals surface area contributed by atoms with E-state index in [0.29, 0.717) is 47.5 Å². The summed E-state index contributed by atoms with van der Waals surface area (Å²) < 4.78 is 11.1. The van der Waals surface area contributed by atoms with Gasteiger partial charge in [0.2, 0.25) is 11.8 Å². The minimum Gasteiger partial charge on any atom is -1.00 e. The van der Waals surface area contributed by atoms with E-state index in [-0.39, 0.29) is 24.9 Å². The highest BCUT2D eigenvalue weighted by atomic mass is 35.5. The van der Waals surface area contributed by atoms with Gasteiger partial charge in [0.15, 0.2) is 0 Å². The van der Waals surface area contributed by atoms with Crippen molar-refractivity contribution in [2.45, 2.75) is 13.0 Å². The minimum absolute atomic E-state index is 0. The second-order valence-electron chi connectivity index (χ2n) is 6.34. The van der Waals surface area contributed by atoms with Crippen molar-refractivity contribution in [3.63, 3.8) is 0 Å². The summed E-state index contributed by atoms with van der Waals surface area (Å²) in [6.07, 6.45) is -0.668. The van der Waals surface area contributed by atoms with Gasteiger partial charge in [-0.05, 0) is 36.4 Å². The Kier molecular flexibility index (Phi) is 11.0. The third-order valence-electron chi connectivity index (χ3n) is 3.86. The van der Waals surface area contributed by atoms with Crippen LogP contribution in [-0.2, 0) is 4.79 Å². The van der Waals surface area contributed by atoms with Crippen molar-refractivity contribution in [3.8, 4) is 11.5 Å². The van der Waals surface area contributed by atoms with Crippen LogP contribution in [-0.4, -0.2) is 49.3 Å². The topological polar surface area (TPSA) is 127 Å². The molecule has 0 spiro atoms. The zero-order valence-corrected chi connectivity index (χ0v) is 17.9. The zero-order valence-electron chi connectivity index (χ0n) is 16.4. The second kappa shape index (κ2) is 12.9. The van der Waals surface area contributed by atoms with Crippen LogP contribution in [0.3, 0.4) is 0 Å². The molecule has 0 saturated carbocycles. The molecular formula is C20H25Cl2N3O5. The standard InChI is InChI=1S/C20H24ClN3O5.ClH/c1-13(25)24-19-7-6-17(10-18(19)21)29-12-15(26)11-23-8-9-28-16-4-2-14(3-5-16)20(22)27;/h2-7,10,15,23,26H,8-9,11-12H2,1H3,(H2,22,27)(H,24,25);1H. The van der Waals surface area contributed by atoms with Crippen LogP contribution in [0.1, 0.15) is 17.3 Å². The Labute approximate surface area is 186 Å². The smallest absolute Gasteiger partial charge is 0.248 e. The second-order valence-corrected chi connectivity index (χ2v) is 6.75. The molecule has 0 heterocycles. The molecule has 10 heteroatoms. The summed E-state index contributed by atoms with van der Waals surface area (Å²) in [5.74, 6) is 0.461. The molecule has 0 fully saturated rings. The Morgan fingerprint density at radius 3 is 2.43 bits per heavy atom. The predicted molar refractivity (Wildman–Crippen MR) is 109 cm³/mol. The summed E-state index contributed by atoms with van der Waals surface area (Å²) >= 11 is 6.08. The number of amides is 2. The number of hydrogen-bond donors (Lipinski definition) is 4. The van der Waals surface area contributed by atoms with Gasteiger partial charge in [0.1, 0.15) is 43.9 Å². The molecular weight excluding hydrogens is 433 g/mol. The van der Waals surface area contributed by atoms with Crippen LogP contribution in [0.4, 0.5) is 5.69 Å². The Bertz CT molecular complexity index is 834. The first-order chi connectivity index (χ1) is 13.8. The van der Waals surface area contributed by atoms with Gasteiger partial charge >= 0.3 is 0 Å². The maximum Gasteiger partial charge on any atom is 0.248 e. The van der Waals surface area contributed by atoms with Crippen molar-refractivity contribution in [3.05, 3.63) is 53.1 Å². The van der Waals surface area contributed by atoms with Crippen molar-refractivity contribution >= 4 is 29.1 Å². The van der Waals surface area contributed by atoms with Crippen molar-refractivity contribution in [1.29, 1.82) is 0 Å². The number of benzene rings is 2. The lowest BCUT2D eigenvalue weighted by atomic mass is 10.2. The largest absolute Gasteiger partial charge is 1.00 e. The Morgan fingerprint density at radius 1 is 1.17 bits per heavy atom. The molecule has 30 heavy (non-hydrogen) atoms. The van der Waals surface area contributed by atoms with Gasteiger partial charge in [-0.2, -0.15) is 0 Å². The molecule has 6 N–H and O–H groups in total. The molecule has 0 aliphatic rings. The van der Waals surface area contributed by atoms with Crippen LogP contribution in [0, 0.1) is 0 Å². The van der Waals surface area contributed by atoms with E-state index in [1.807, 2.05) is 5.32 Å². The number of hydrogen-bond acceptors (Lipinski definition) is 5. The number of ether oxygens (including phenoxy) is 2. The van der Waals surface area contributed by atoms with E-state index in [1.54, 1.807) is 42.5 Å². The summed E-state index contributed by atoms with van der Waals surface area (Å²) in [4.78, 5) is 22.1. The summed E-state index contributed by atoms with van der Waals surface area (Å²) in [5, 5.41) is 14.9. The first-order valence-corrected chi connectivity index (χ1v) is 9.45. The highest BCUT2D eigenvalue weighted by molar-refractivity contribution is 6.33. The number of quaternary nitrogens is 1. The van der Waals surface area contributed by atoms with Crippen LogP contribution >= 0.6 is 11.6 Å². The van der Waals surface area contributed by atoms with E-state index < -0.39 is 12.0 Å². The molecule has 2 aromatic carbocycles. The molecule has 2 aromatic rings. The highest BCUT2D eigenvalue weighted by Gasteiger charge is 2.09. The first kappa shape index (κ1) is 25.5. The molecule has 0 saturated heterocycles. The van der Waals surface area contributed by atoms with Crippen molar-refractivity contribution < 1.29 is 41.9 Å². The monoisotopic (exact) mass is 457 g/mol. The number of carbonyl (C=O) groups excluding carboxylic acids is 2. The molecule has 2 rings (SSSR count). The highest BCUT2D eigenvalue weighted by Crippen LogP contribution is 2.26. The van der Waals surface area contributed by atoms with Gasteiger partial charge < -0.3 is 43.4 Å². The summed E-state index contributed by atoms with van der Waals surface area (Å²) in [6.45, 7) is 3.05. The van der Waals surface area contributed by atoms with E-state index in [0.717, 1.165) is 0 Å². The SMILES string of the molecule is CC(=O)Nc1ccc(OCC(O)C[NH2+]CCOc2ccc(C(N)=O)cc2)cc1Cl.[Cl-]. The van der Waals surface area contributed by atoms with Gasteiger partial charge in [-0.1, -0.05) is 11.6 Å². The van der Waals surface area contributed by atoms with Crippen molar-refractivity contribution in [2.75, 3.05) is 31.6 Å². The van der Waals surface area contributed by atoms with Gasteiger partial charge in [0, 0.05) is 18.6 Å². The van der Waals surface area contributed by atoms with Crippen LogP contribution in [0.5, 0.6) is 11.5 Å². The fourth-order valence-corrected chi connectivity index (χ4v) is 2.64. The summed E-state index contributed by atoms with van der Waals surface area (Å²) in [5.41, 5.74) is 6.12. The number of aliphatic hydroxyl groups is 1. The van der Waals surface area contributed by atoms with E-state index in [9.17, 15) is 14.7 Å². The van der Waals surface area contributed by atoms with Crippen LogP contribution in [0.2, 0.25) is 5.02 Å². The lowest BCUT2D eigenvalue weighted by molar-refractivity contribution is -0.661. The number of rotatable bonds is 11. The molecule has 1 unspecified atom stereocenters. The number of nitrogens with two attached hydrogens (primary N) is 2. The summed E-state index contributed by atoms with van der Waals surface area (Å²) in [7, 11) is 0. The lowest BCUT2D eigenvalue weighted by Gasteiger charge is -2.13. The fraction of sp³-hybridized carbons (Fsp3) is 0.300. The van der Waals surface area contributed by atoms with Gasteiger partial charge in [0.05, 0.1) is 10.7 Å². The minimum atomic E-state index is -0.668. The normalized spacial score (nSPS) is 11.2. The van der Waals surface area contributed by atoms with E-state index >= 15 is 0 Å². The maximum absolute atomic E-state index is 11.1. The van der Waals surface area contributed by atoms with Gasteiger partial charge in [-0.15, -0.1) is 0 Å². The Hall–Kier alpha value is -2.52. The molecule has 2 amide bonds. The molecule has 8 nitrogen and oxygen atoms in total. The molecule has 0 aliphatic carbocycles. The molecule has 164 valence electrons. The van der Waals surface area contributed by atoms with Crippen molar-refractivity contribution in [2.24, 2.45) is 5.73 Å². The third-order valence-corrected chi connectivity index (χ3v) is 4.17. The number of carbonyl (C=O) groups is 2. The Balaban J connectivity index is 0.00000450. The van der Waals surface area contributed by atoms with E-state index in [2.05, 4.69) is 5.32 Å². The third kappa shape index (κ3) is 8.87. The number of nitrogens with one attached hydrogen (secondary N) is 1. The number of primary amides is 1. The predicted octanol–water partition coefficient (Wildman–Crippen LogP) is -2.22. The molecule has 0 aromatic heterocycles. The number of anilines is 1. The Morgan fingerprint density at radius 2 is 1.83 bits per heavy atom. The number of halogens is 2. The first-order valence-electron chi connectivity index (χ1n) is 9.07. The zero-order chi connectivity index (χ0) is 21.2. The average Bonchev–Trinajstić information content (AvgIpc) is 2.68. The maximum atomic E-state index is 11.1. The van der Waals surface area contributed by atoms with E-state index in [4.69, 9.17) is 26.8 Å². The molecule has 1 atom stereocenters. The van der Waals surface area contributed by atoms with Crippen molar-refractivity contribution in [1.82, 2.24) is 0 Å². The lowest BCUT2D eigenvalue weighted by Crippen LogP contribution is -3.00. The van der Waals surface area contributed by atoms with E-state index in [1.165, 1.54) is 6.92 Å². The van der Waals surface area contributed by atoms with Gasteiger partial charge in [-0.3, -0.25) is 9.59 Å². The molecule has 0 radical (unpaired) electrons.